The van der Waals surface area contributed by atoms with Crippen LogP contribution >= 0.6 is 0 Å². The molecule has 0 unspecified atom stereocenters. The van der Waals surface area contributed by atoms with Crippen LogP contribution < -0.4 is 5.43 Å². The minimum absolute atomic E-state index is 0.0838. The minimum atomic E-state index is 0.0838. The summed E-state index contributed by atoms with van der Waals surface area (Å²) in [6.07, 6.45) is 5.61. The van der Waals surface area contributed by atoms with Gasteiger partial charge in [0.25, 0.3) is 0 Å². The Balaban J connectivity index is 2.09. The average molecular weight is 297 g/mol. The van der Waals surface area contributed by atoms with Crippen LogP contribution in [-0.2, 0) is 5.41 Å². The van der Waals surface area contributed by atoms with Crippen molar-refractivity contribution in [2.45, 2.75) is 46.0 Å². The van der Waals surface area contributed by atoms with Crippen molar-refractivity contribution in [1.29, 1.82) is 0 Å². The van der Waals surface area contributed by atoms with E-state index < -0.39 is 0 Å². The molecular formula is C17H23N5. The van der Waals surface area contributed by atoms with Gasteiger partial charge in [-0.1, -0.05) is 26.8 Å². The Morgan fingerprint density at radius 3 is 2.50 bits per heavy atom. The Kier molecular flexibility index (Phi) is 5.20. The van der Waals surface area contributed by atoms with Gasteiger partial charge in [0.15, 0.2) is 5.82 Å². The molecule has 2 rings (SSSR count). The summed E-state index contributed by atoms with van der Waals surface area (Å²) in [6.45, 7) is 8.50. The molecule has 0 spiro atoms. The predicted molar refractivity (Wildman–Crippen MR) is 90.0 cm³/mol. The smallest absolute Gasteiger partial charge is 0.168 e. The van der Waals surface area contributed by atoms with E-state index in [1.165, 1.54) is 0 Å². The largest absolute Gasteiger partial charge is 0.264 e. The second kappa shape index (κ2) is 7.11. The molecule has 0 bridgehead atoms. The van der Waals surface area contributed by atoms with Gasteiger partial charge >= 0.3 is 0 Å². The van der Waals surface area contributed by atoms with Gasteiger partial charge in [-0.15, -0.1) is 5.10 Å². The van der Waals surface area contributed by atoms with E-state index in [0.717, 1.165) is 29.8 Å². The zero-order valence-electron chi connectivity index (χ0n) is 13.7. The third-order valence-electron chi connectivity index (χ3n) is 4.26. The van der Waals surface area contributed by atoms with Gasteiger partial charge in [0.1, 0.15) is 0 Å². The number of anilines is 1. The topological polar surface area (TPSA) is 63.1 Å². The molecule has 0 aromatic carbocycles. The normalized spacial score (nSPS) is 12.3. The van der Waals surface area contributed by atoms with Gasteiger partial charge in [-0.3, -0.25) is 10.4 Å². The van der Waals surface area contributed by atoms with Crippen LogP contribution in [0.2, 0.25) is 0 Å². The van der Waals surface area contributed by atoms with Crippen LogP contribution in [0.15, 0.2) is 41.8 Å². The summed E-state index contributed by atoms with van der Waals surface area (Å²) in [4.78, 5) is 4.08. The van der Waals surface area contributed by atoms with E-state index in [-0.39, 0.29) is 5.41 Å². The second-order valence-electron chi connectivity index (χ2n) is 5.62. The van der Waals surface area contributed by atoms with Gasteiger partial charge in [0.2, 0.25) is 0 Å². The van der Waals surface area contributed by atoms with Crippen molar-refractivity contribution in [3.63, 3.8) is 0 Å². The molecule has 0 aliphatic carbocycles. The molecule has 2 heterocycles. The number of hydrogen-bond acceptors (Lipinski definition) is 5. The highest BCUT2D eigenvalue weighted by Gasteiger charge is 2.24. The van der Waals surface area contributed by atoms with Crippen LogP contribution in [-0.4, -0.2) is 20.9 Å². The van der Waals surface area contributed by atoms with Crippen molar-refractivity contribution < 1.29 is 0 Å². The SMILES string of the molecule is CCC(C)(CC)c1ccc(N/N=C(\C)c2cccnc2)nn1. The van der Waals surface area contributed by atoms with E-state index in [4.69, 9.17) is 0 Å². The summed E-state index contributed by atoms with van der Waals surface area (Å²) in [6, 6.07) is 7.80. The molecule has 0 amide bonds. The summed E-state index contributed by atoms with van der Waals surface area (Å²) in [7, 11) is 0. The molecule has 0 radical (unpaired) electrons. The molecule has 0 fully saturated rings. The summed E-state index contributed by atoms with van der Waals surface area (Å²) in [5.74, 6) is 0.640. The van der Waals surface area contributed by atoms with Crippen molar-refractivity contribution in [3.05, 3.63) is 47.9 Å². The number of nitrogens with zero attached hydrogens (tertiary/aromatic N) is 4. The van der Waals surface area contributed by atoms with E-state index in [2.05, 4.69) is 46.5 Å². The molecule has 116 valence electrons. The number of nitrogens with one attached hydrogen (secondary N) is 1. The Morgan fingerprint density at radius 2 is 1.95 bits per heavy atom. The quantitative estimate of drug-likeness (QED) is 0.651. The average Bonchev–Trinajstić information content (AvgIpc) is 2.60. The van der Waals surface area contributed by atoms with E-state index >= 15 is 0 Å². The van der Waals surface area contributed by atoms with Crippen molar-refractivity contribution >= 4 is 11.5 Å². The van der Waals surface area contributed by atoms with E-state index in [0.29, 0.717) is 5.82 Å². The van der Waals surface area contributed by atoms with Gasteiger partial charge in [0.05, 0.1) is 11.4 Å². The Hall–Kier alpha value is -2.30. The van der Waals surface area contributed by atoms with E-state index in [1.807, 2.05) is 31.2 Å². The molecule has 0 saturated carbocycles. The number of hydrazone groups is 1. The Labute approximate surface area is 131 Å². The third kappa shape index (κ3) is 3.67. The fourth-order valence-corrected chi connectivity index (χ4v) is 2.11. The lowest BCUT2D eigenvalue weighted by Crippen LogP contribution is -2.21. The van der Waals surface area contributed by atoms with Crippen molar-refractivity contribution in [2.75, 3.05) is 5.43 Å². The van der Waals surface area contributed by atoms with Crippen LogP contribution in [0.4, 0.5) is 5.82 Å². The molecule has 0 aliphatic heterocycles. The first-order chi connectivity index (χ1) is 10.6. The maximum atomic E-state index is 4.35. The number of rotatable bonds is 6. The molecule has 2 aromatic rings. The fraction of sp³-hybridized carbons (Fsp3) is 0.412. The third-order valence-corrected chi connectivity index (χ3v) is 4.26. The summed E-state index contributed by atoms with van der Waals surface area (Å²) < 4.78 is 0. The zero-order chi connectivity index (χ0) is 16.0. The molecule has 1 N–H and O–H groups in total. The van der Waals surface area contributed by atoms with Crippen LogP contribution in [0.25, 0.3) is 0 Å². The number of pyridine rings is 1. The van der Waals surface area contributed by atoms with Crippen molar-refractivity contribution in [3.8, 4) is 0 Å². The highest BCUT2D eigenvalue weighted by Crippen LogP contribution is 2.29. The highest BCUT2D eigenvalue weighted by atomic mass is 15.3. The van der Waals surface area contributed by atoms with E-state index in [1.54, 1.807) is 12.4 Å². The van der Waals surface area contributed by atoms with Crippen LogP contribution in [0, 0.1) is 0 Å². The predicted octanol–water partition coefficient (Wildman–Crippen LogP) is 3.79. The van der Waals surface area contributed by atoms with Crippen molar-refractivity contribution in [1.82, 2.24) is 15.2 Å². The van der Waals surface area contributed by atoms with Crippen LogP contribution in [0.3, 0.4) is 0 Å². The van der Waals surface area contributed by atoms with Gasteiger partial charge in [-0.2, -0.15) is 10.2 Å². The first-order valence-electron chi connectivity index (χ1n) is 7.64. The minimum Gasteiger partial charge on any atom is -0.264 e. The van der Waals surface area contributed by atoms with Gasteiger partial charge < -0.3 is 0 Å². The molecule has 0 saturated heterocycles. The summed E-state index contributed by atoms with van der Waals surface area (Å²) >= 11 is 0. The van der Waals surface area contributed by atoms with Crippen LogP contribution in [0.1, 0.15) is 51.8 Å². The molecule has 2 aromatic heterocycles. The van der Waals surface area contributed by atoms with Gasteiger partial charge in [0, 0.05) is 23.4 Å². The molecular weight excluding hydrogens is 274 g/mol. The standard InChI is InChI=1S/C17H23N5/c1-5-17(4,6-2)15-9-10-16(22-20-15)21-19-13(3)14-8-7-11-18-12-14/h7-12H,5-6H2,1-4H3,(H,21,22)/b19-13+. The lowest BCUT2D eigenvalue weighted by Gasteiger charge is -2.25. The van der Waals surface area contributed by atoms with Crippen molar-refractivity contribution in [2.24, 2.45) is 5.10 Å². The first kappa shape index (κ1) is 16.1. The molecule has 0 aliphatic rings. The molecule has 0 atom stereocenters. The maximum Gasteiger partial charge on any atom is 0.168 e. The van der Waals surface area contributed by atoms with Gasteiger partial charge in [-0.05, 0) is 38.0 Å². The van der Waals surface area contributed by atoms with Crippen LogP contribution in [0.5, 0.6) is 0 Å². The number of aromatic nitrogens is 3. The molecule has 5 heteroatoms. The second-order valence-corrected chi connectivity index (χ2v) is 5.62. The van der Waals surface area contributed by atoms with Gasteiger partial charge in [-0.25, -0.2) is 0 Å². The lowest BCUT2D eigenvalue weighted by molar-refractivity contribution is 0.421. The maximum absolute atomic E-state index is 4.35. The highest BCUT2D eigenvalue weighted by molar-refractivity contribution is 5.98. The Morgan fingerprint density at radius 1 is 1.18 bits per heavy atom. The van der Waals surface area contributed by atoms with E-state index in [9.17, 15) is 0 Å². The monoisotopic (exact) mass is 297 g/mol. The molecule has 22 heavy (non-hydrogen) atoms. The Bertz CT molecular complexity index is 615. The zero-order valence-corrected chi connectivity index (χ0v) is 13.7. The fourth-order valence-electron chi connectivity index (χ4n) is 2.11. The lowest BCUT2D eigenvalue weighted by atomic mass is 9.81. The first-order valence-corrected chi connectivity index (χ1v) is 7.64. The number of hydrogen-bond donors (Lipinski definition) is 1. The molecule has 5 nitrogen and oxygen atoms in total. The summed E-state index contributed by atoms with van der Waals surface area (Å²) in [5, 5.41) is 12.9. The summed E-state index contributed by atoms with van der Waals surface area (Å²) in [5.41, 5.74) is 5.88.